The third-order valence-corrected chi connectivity index (χ3v) is 3.57. The Morgan fingerprint density at radius 1 is 1.21 bits per heavy atom. The molecular weight excluding hydrogens is 238 g/mol. The van der Waals surface area contributed by atoms with Gasteiger partial charge in [0.15, 0.2) is 0 Å². The minimum Gasteiger partial charge on any atom is -0.481 e. The maximum absolute atomic E-state index is 5.18. The first-order valence-corrected chi connectivity index (χ1v) is 6.56. The Hall–Kier alpha value is -2.10. The Morgan fingerprint density at radius 2 is 2.05 bits per heavy atom. The van der Waals surface area contributed by atoms with Crippen LogP contribution in [0.1, 0.15) is 24.4 Å². The number of hydrogen-bond acceptors (Lipinski definition) is 4. The van der Waals surface area contributed by atoms with Gasteiger partial charge in [-0.15, -0.1) is 0 Å². The average molecular weight is 255 g/mol. The normalized spacial score (nSPS) is 18.6. The molecule has 1 aromatic carbocycles. The van der Waals surface area contributed by atoms with E-state index < -0.39 is 0 Å². The van der Waals surface area contributed by atoms with Gasteiger partial charge in [-0.25, -0.2) is 9.97 Å². The van der Waals surface area contributed by atoms with Gasteiger partial charge < -0.3 is 9.64 Å². The maximum Gasteiger partial charge on any atom is 0.218 e. The van der Waals surface area contributed by atoms with Crippen LogP contribution in [0.3, 0.4) is 0 Å². The second-order valence-electron chi connectivity index (χ2n) is 4.68. The van der Waals surface area contributed by atoms with Crippen molar-refractivity contribution in [3.05, 3.63) is 48.3 Å². The summed E-state index contributed by atoms with van der Waals surface area (Å²) < 4.78 is 5.18. The van der Waals surface area contributed by atoms with Crippen LogP contribution in [-0.2, 0) is 0 Å². The second-order valence-corrected chi connectivity index (χ2v) is 4.68. The van der Waals surface area contributed by atoms with Gasteiger partial charge >= 0.3 is 0 Å². The van der Waals surface area contributed by atoms with Crippen LogP contribution in [0.4, 0.5) is 5.82 Å². The number of hydrogen-bond donors (Lipinski definition) is 0. The summed E-state index contributed by atoms with van der Waals surface area (Å²) >= 11 is 0. The van der Waals surface area contributed by atoms with Gasteiger partial charge in [-0.3, -0.25) is 0 Å². The lowest BCUT2D eigenvalue weighted by Gasteiger charge is -2.26. The zero-order chi connectivity index (χ0) is 13.1. The average Bonchev–Trinajstić information content (AvgIpc) is 2.98. The van der Waals surface area contributed by atoms with Crippen LogP contribution in [0.25, 0.3) is 0 Å². The van der Waals surface area contributed by atoms with E-state index in [1.54, 1.807) is 13.4 Å². The lowest BCUT2D eigenvalue weighted by molar-refractivity contribution is 0.396. The van der Waals surface area contributed by atoms with Gasteiger partial charge in [0.25, 0.3) is 0 Å². The third kappa shape index (κ3) is 2.38. The quantitative estimate of drug-likeness (QED) is 0.845. The molecule has 19 heavy (non-hydrogen) atoms. The summed E-state index contributed by atoms with van der Waals surface area (Å²) in [6, 6.07) is 12.9. The van der Waals surface area contributed by atoms with Crippen molar-refractivity contribution in [2.24, 2.45) is 0 Å². The summed E-state index contributed by atoms with van der Waals surface area (Å²) in [4.78, 5) is 10.8. The minimum atomic E-state index is 0.404. The fraction of sp³-hybridized carbons (Fsp3) is 0.333. The van der Waals surface area contributed by atoms with Crippen molar-refractivity contribution in [3.63, 3.8) is 0 Å². The highest BCUT2D eigenvalue weighted by Crippen LogP contribution is 2.35. The van der Waals surface area contributed by atoms with Crippen LogP contribution in [0.5, 0.6) is 5.88 Å². The van der Waals surface area contributed by atoms with Gasteiger partial charge in [-0.1, -0.05) is 30.3 Å². The number of ether oxygens (including phenoxy) is 1. The fourth-order valence-corrected chi connectivity index (χ4v) is 2.66. The SMILES string of the molecule is COc1cc(N2CCCC2c2ccccc2)ncn1. The predicted molar refractivity (Wildman–Crippen MR) is 74.3 cm³/mol. The smallest absolute Gasteiger partial charge is 0.218 e. The molecule has 1 aromatic heterocycles. The van der Waals surface area contributed by atoms with Crippen molar-refractivity contribution < 1.29 is 4.74 Å². The van der Waals surface area contributed by atoms with Gasteiger partial charge in [-0.2, -0.15) is 0 Å². The van der Waals surface area contributed by atoms with E-state index in [9.17, 15) is 0 Å². The lowest BCUT2D eigenvalue weighted by atomic mass is 10.0. The monoisotopic (exact) mass is 255 g/mol. The Kier molecular flexibility index (Phi) is 3.31. The molecule has 2 aromatic rings. The first-order chi connectivity index (χ1) is 9.38. The number of benzene rings is 1. The van der Waals surface area contributed by atoms with Crippen LogP contribution in [0, 0.1) is 0 Å². The molecule has 0 N–H and O–H groups in total. The molecule has 0 radical (unpaired) electrons. The molecule has 0 bridgehead atoms. The maximum atomic E-state index is 5.18. The number of anilines is 1. The summed E-state index contributed by atoms with van der Waals surface area (Å²) in [5, 5.41) is 0. The van der Waals surface area contributed by atoms with E-state index in [1.807, 2.05) is 6.07 Å². The molecule has 1 fully saturated rings. The lowest BCUT2D eigenvalue weighted by Crippen LogP contribution is -2.23. The summed E-state index contributed by atoms with van der Waals surface area (Å²) in [5.74, 6) is 1.56. The molecular formula is C15H17N3O. The molecule has 0 aliphatic carbocycles. The molecule has 1 aliphatic heterocycles. The van der Waals surface area contributed by atoms with E-state index in [0.717, 1.165) is 18.8 Å². The number of nitrogens with zero attached hydrogens (tertiary/aromatic N) is 3. The Morgan fingerprint density at radius 3 is 2.84 bits per heavy atom. The molecule has 4 nitrogen and oxygen atoms in total. The topological polar surface area (TPSA) is 38.2 Å². The van der Waals surface area contributed by atoms with Crippen LogP contribution in [0.2, 0.25) is 0 Å². The molecule has 4 heteroatoms. The standard InChI is InChI=1S/C15H17N3O/c1-19-15-10-14(16-11-17-15)18-9-5-8-13(18)12-6-3-2-4-7-12/h2-4,6-7,10-11,13H,5,8-9H2,1H3. The zero-order valence-corrected chi connectivity index (χ0v) is 11.0. The number of rotatable bonds is 3. The molecule has 1 aliphatic rings. The minimum absolute atomic E-state index is 0.404. The van der Waals surface area contributed by atoms with Crippen LogP contribution in [0.15, 0.2) is 42.7 Å². The summed E-state index contributed by atoms with van der Waals surface area (Å²) in [5.41, 5.74) is 1.34. The molecule has 2 heterocycles. The first-order valence-electron chi connectivity index (χ1n) is 6.56. The van der Waals surface area contributed by atoms with Crippen molar-refractivity contribution in [3.8, 4) is 5.88 Å². The van der Waals surface area contributed by atoms with Crippen LogP contribution in [-0.4, -0.2) is 23.6 Å². The number of aromatic nitrogens is 2. The van der Waals surface area contributed by atoms with Gasteiger partial charge in [0.1, 0.15) is 12.1 Å². The summed E-state index contributed by atoms with van der Waals surface area (Å²) in [7, 11) is 1.63. The summed E-state index contributed by atoms with van der Waals surface area (Å²) in [6.45, 7) is 1.03. The molecule has 0 spiro atoms. The van der Waals surface area contributed by atoms with Crippen LogP contribution < -0.4 is 9.64 Å². The van der Waals surface area contributed by atoms with E-state index in [2.05, 4.69) is 45.2 Å². The van der Waals surface area contributed by atoms with Crippen molar-refractivity contribution >= 4 is 5.82 Å². The van der Waals surface area contributed by atoms with E-state index in [-0.39, 0.29) is 0 Å². The van der Waals surface area contributed by atoms with E-state index in [4.69, 9.17) is 4.74 Å². The highest BCUT2D eigenvalue weighted by atomic mass is 16.5. The predicted octanol–water partition coefficient (Wildman–Crippen LogP) is 2.83. The Balaban J connectivity index is 1.90. The molecule has 1 saturated heterocycles. The molecule has 3 rings (SSSR count). The van der Waals surface area contributed by atoms with Gasteiger partial charge in [0.05, 0.1) is 13.2 Å². The van der Waals surface area contributed by atoms with E-state index in [1.165, 1.54) is 12.0 Å². The Bertz CT molecular complexity index is 544. The van der Waals surface area contributed by atoms with E-state index in [0.29, 0.717) is 11.9 Å². The fourth-order valence-electron chi connectivity index (χ4n) is 2.66. The van der Waals surface area contributed by atoms with Crippen LogP contribution >= 0.6 is 0 Å². The van der Waals surface area contributed by atoms with Crippen molar-refractivity contribution in [2.75, 3.05) is 18.6 Å². The van der Waals surface area contributed by atoms with E-state index >= 15 is 0 Å². The van der Waals surface area contributed by atoms with Crippen molar-refractivity contribution in [2.45, 2.75) is 18.9 Å². The zero-order valence-electron chi connectivity index (χ0n) is 11.0. The first kappa shape index (κ1) is 12.0. The molecule has 1 atom stereocenters. The molecule has 1 unspecified atom stereocenters. The molecule has 98 valence electrons. The largest absolute Gasteiger partial charge is 0.481 e. The third-order valence-electron chi connectivity index (χ3n) is 3.57. The Labute approximate surface area is 113 Å². The number of methoxy groups -OCH3 is 1. The highest BCUT2D eigenvalue weighted by molar-refractivity contribution is 5.45. The van der Waals surface area contributed by atoms with Gasteiger partial charge in [-0.05, 0) is 18.4 Å². The van der Waals surface area contributed by atoms with Crippen molar-refractivity contribution in [1.29, 1.82) is 0 Å². The van der Waals surface area contributed by atoms with Gasteiger partial charge in [0, 0.05) is 12.6 Å². The van der Waals surface area contributed by atoms with Crippen molar-refractivity contribution in [1.82, 2.24) is 9.97 Å². The second kappa shape index (κ2) is 5.26. The van der Waals surface area contributed by atoms with Gasteiger partial charge in [0.2, 0.25) is 5.88 Å². The molecule has 0 saturated carbocycles. The molecule has 0 amide bonds. The highest BCUT2D eigenvalue weighted by Gasteiger charge is 2.27. The summed E-state index contributed by atoms with van der Waals surface area (Å²) in [6.07, 6.45) is 3.91.